The van der Waals surface area contributed by atoms with Gasteiger partial charge in [-0.15, -0.1) is 0 Å². The van der Waals surface area contributed by atoms with Crippen LogP contribution in [0.25, 0.3) is 0 Å². The molecule has 0 aliphatic carbocycles. The first-order chi connectivity index (χ1) is 6.06. The van der Waals surface area contributed by atoms with Crippen molar-refractivity contribution in [1.29, 1.82) is 0 Å². The third kappa shape index (κ3) is 1.89. The van der Waals surface area contributed by atoms with Crippen LogP contribution >= 0.6 is 0 Å². The van der Waals surface area contributed by atoms with Crippen molar-refractivity contribution in [3.05, 3.63) is 23.1 Å². The lowest BCUT2D eigenvalue weighted by molar-refractivity contribution is 0.140. The Hall–Kier alpha value is -1.30. The van der Waals surface area contributed by atoms with E-state index in [4.69, 9.17) is 11.5 Å². The fourth-order valence-electron chi connectivity index (χ4n) is 0.920. The highest BCUT2D eigenvalue weighted by Crippen LogP contribution is 2.23. The quantitative estimate of drug-likeness (QED) is 0.738. The lowest BCUT2D eigenvalue weighted by Gasteiger charge is -2.06. The molecule has 1 aromatic heterocycles. The standard InChI is InChI=1S/C7H8F3N3/c8-5-3(2-11)1-4(12)13-6(5)7(9)10/h1,7H,2,11H2,(H2,12,13). The number of rotatable bonds is 2. The lowest BCUT2D eigenvalue weighted by atomic mass is 10.2. The van der Waals surface area contributed by atoms with Crippen LogP contribution in [0.15, 0.2) is 6.07 Å². The Morgan fingerprint density at radius 1 is 1.46 bits per heavy atom. The second-order valence-corrected chi connectivity index (χ2v) is 2.41. The van der Waals surface area contributed by atoms with Crippen LogP contribution in [-0.2, 0) is 6.54 Å². The van der Waals surface area contributed by atoms with Crippen LogP contribution in [0.5, 0.6) is 0 Å². The van der Waals surface area contributed by atoms with Crippen LogP contribution in [0.4, 0.5) is 19.0 Å². The third-order valence-electron chi connectivity index (χ3n) is 1.51. The average molecular weight is 191 g/mol. The van der Waals surface area contributed by atoms with Gasteiger partial charge in [-0.05, 0) is 6.07 Å². The van der Waals surface area contributed by atoms with Crippen LogP contribution in [0.1, 0.15) is 17.7 Å². The second kappa shape index (κ2) is 3.61. The zero-order chi connectivity index (χ0) is 10.0. The van der Waals surface area contributed by atoms with Gasteiger partial charge in [-0.25, -0.2) is 18.2 Å². The van der Waals surface area contributed by atoms with Crippen molar-refractivity contribution in [3.8, 4) is 0 Å². The summed E-state index contributed by atoms with van der Waals surface area (Å²) in [5.41, 5.74) is 9.30. The normalized spacial score (nSPS) is 10.8. The maximum atomic E-state index is 13.0. The number of nitrogen functional groups attached to an aromatic ring is 1. The van der Waals surface area contributed by atoms with Crippen LogP contribution in [0.2, 0.25) is 0 Å². The Kier molecular flexibility index (Phi) is 2.72. The maximum Gasteiger partial charge on any atom is 0.283 e. The number of halogens is 3. The Morgan fingerprint density at radius 3 is 2.54 bits per heavy atom. The molecule has 0 radical (unpaired) electrons. The second-order valence-electron chi connectivity index (χ2n) is 2.41. The summed E-state index contributed by atoms with van der Waals surface area (Å²) >= 11 is 0. The number of hydrogen-bond donors (Lipinski definition) is 2. The van der Waals surface area contributed by atoms with Crippen molar-refractivity contribution in [1.82, 2.24) is 4.98 Å². The van der Waals surface area contributed by atoms with Crippen molar-refractivity contribution in [3.63, 3.8) is 0 Å². The highest BCUT2D eigenvalue weighted by molar-refractivity contribution is 5.36. The summed E-state index contributed by atoms with van der Waals surface area (Å²) in [4.78, 5) is 3.18. The molecule has 1 heterocycles. The topological polar surface area (TPSA) is 64.9 Å². The molecule has 0 saturated heterocycles. The minimum Gasteiger partial charge on any atom is -0.384 e. The predicted octanol–water partition coefficient (Wildman–Crippen LogP) is 1.20. The van der Waals surface area contributed by atoms with Gasteiger partial charge in [0.25, 0.3) is 6.43 Å². The predicted molar refractivity (Wildman–Crippen MR) is 41.5 cm³/mol. The maximum absolute atomic E-state index is 13.0. The Labute approximate surface area is 72.6 Å². The Bertz CT molecular complexity index is 314. The molecule has 13 heavy (non-hydrogen) atoms. The first-order valence-corrected chi connectivity index (χ1v) is 3.49. The number of aromatic nitrogens is 1. The van der Waals surface area contributed by atoms with Gasteiger partial charge in [-0.3, -0.25) is 0 Å². The summed E-state index contributed by atoms with van der Waals surface area (Å²) in [6.07, 6.45) is -2.98. The number of pyridine rings is 1. The molecule has 4 N–H and O–H groups in total. The molecule has 0 aliphatic heterocycles. The van der Waals surface area contributed by atoms with Crippen molar-refractivity contribution in [2.45, 2.75) is 13.0 Å². The number of nitrogens with zero attached hydrogens (tertiary/aromatic N) is 1. The van der Waals surface area contributed by atoms with E-state index in [0.29, 0.717) is 0 Å². The molecule has 0 amide bonds. The molecule has 0 atom stereocenters. The van der Waals surface area contributed by atoms with Crippen LogP contribution < -0.4 is 11.5 Å². The number of nitrogens with two attached hydrogens (primary N) is 2. The molecule has 0 spiro atoms. The highest BCUT2D eigenvalue weighted by atomic mass is 19.3. The molecular formula is C7H8F3N3. The van der Waals surface area contributed by atoms with E-state index in [1.807, 2.05) is 0 Å². The molecular weight excluding hydrogens is 183 g/mol. The molecule has 3 nitrogen and oxygen atoms in total. The molecule has 6 heteroatoms. The van der Waals surface area contributed by atoms with E-state index < -0.39 is 17.9 Å². The summed E-state index contributed by atoms with van der Waals surface area (Å²) in [7, 11) is 0. The van der Waals surface area contributed by atoms with Crippen molar-refractivity contribution in [2.24, 2.45) is 5.73 Å². The van der Waals surface area contributed by atoms with E-state index >= 15 is 0 Å². The molecule has 0 aromatic carbocycles. The van der Waals surface area contributed by atoms with Crippen molar-refractivity contribution < 1.29 is 13.2 Å². The van der Waals surface area contributed by atoms with Crippen molar-refractivity contribution in [2.75, 3.05) is 5.73 Å². The van der Waals surface area contributed by atoms with Gasteiger partial charge in [-0.1, -0.05) is 0 Å². The third-order valence-corrected chi connectivity index (χ3v) is 1.51. The number of anilines is 1. The zero-order valence-corrected chi connectivity index (χ0v) is 6.60. The summed E-state index contributed by atoms with van der Waals surface area (Å²) in [6, 6.07) is 1.14. The Morgan fingerprint density at radius 2 is 2.08 bits per heavy atom. The molecule has 0 fully saturated rings. The molecule has 1 aromatic rings. The van der Waals surface area contributed by atoms with E-state index in [1.54, 1.807) is 0 Å². The number of alkyl halides is 2. The summed E-state index contributed by atoms with van der Waals surface area (Å²) in [6.45, 7) is -0.182. The van der Waals surface area contributed by atoms with Gasteiger partial charge in [-0.2, -0.15) is 0 Å². The van der Waals surface area contributed by atoms with Gasteiger partial charge < -0.3 is 11.5 Å². The molecule has 72 valence electrons. The zero-order valence-electron chi connectivity index (χ0n) is 6.60. The van der Waals surface area contributed by atoms with Crippen LogP contribution in [-0.4, -0.2) is 4.98 Å². The molecule has 0 aliphatic rings. The molecule has 0 saturated carbocycles. The van der Waals surface area contributed by atoms with E-state index in [9.17, 15) is 13.2 Å². The fourth-order valence-corrected chi connectivity index (χ4v) is 0.920. The summed E-state index contributed by atoms with van der Waals surface area (Å²) in [5, 5.41) is 0. The summed E-state index contributed by atoms with van der Waals surface area (Å²) < 4.78 is 37.3. The SMILES string of the molecule is NCc1cc(N)nc(C(F)F)c1F. The largest absolute Gasteiger partial charge is 0.384 e. The molecule has 1 rings (SSSR count). The monoisotopic (exact) mass is 191 g/mol. The van der Waals surface area contributed by atoms with Crippen LogP contribution in [0.3, 0.4) is 0 Å². The van der Waals surface area contributed by atoms with E-state index in [1.165, 1.54) is 0 Å². The molecule has 0 unspecified atom stereocenters. The van der Waals surface area contributed by atoms with Crippen LogP contribution in [0, 0.1) is 5.82 Å². The van der Waals surface area contributed by atoms with Gasteiger partial charge in [0, 0.05) is 12.1 Å². The minimum absolute atomic E-state index is 0.0530. The highest BCUT2D eigenvalue weighted by Gasteiger charge is 2.18. The fraction of sp³-hybridized carbons (Fsp3) is 0.286. The van der Waals surface area contributed by atoms with Crippen molar-refractivity contribution >= 4 is 5.82 Å². The van der Waals surface area contributed by atoms with E-state index in [-0.39, 0.29) is 17.9 Å². The van der Waals surface area contributed by atoms with Gasteiger partial charge in [0.05, 0.1) is 0 Å². The average Bonchev–Trinajstić information content (AvgIpc) is 2.08. The smallest absolute Gasteiger partial charge is 0.283 e. The summed E-state index contributed by atoms with van der Waals surface area (Å²) in [5.74, 6) is -1.23. The van der Waals surface area contributed by atoms with Gasteiger partial charge in [0.2, 0.25) is 0 Å². The molecule has 0 bridgehead atoms. The van der Waals surface area contributed by atoms with Gasteiger partial charge >= 0.3 is 0 Å². The van der Waals surface area contributed by atoms with E-state index in [0.717, 1.165) is 6.07 Å². The first kappa shape index (κ1) is 9.79. The van der Waals surface area contributed by atoms with Gasteiger partial charge in [0.1, 0.15) is 11.5 Å². The first-order valence-electron chi connectivity index (χ1n) is 3.49. The number of hydrogen-bond acceptors (Lipinski definition) is 3. The Balaban J connectivity index is 3.27. The minimum atomic E-state index is -2.98. The van der Waals surface area contributed by atoms with E-state index in [2.05, 4.69) is 4.98 Å². The lowest BCUT2D eigenvalue weighted by Crippen LogP contribution is -2.08. The van der Waals surface area contributed by atoms with Gasteiger partial charge in [0.15, 0.2) is 5.82 Å².